The molecule has 0 aliphatic rings. The van der Waals surface area contributed by atoms with E-state index < -0.39 is 7.37 Å². The zero-order valence-electron chi connectivity index (χ0n) is 14.1. The summed E-state index contributed by atoms with van der Waals surface area (Å²) in [5.74, 6) is 2.40. The molecule has 0 spiro atoms. The molecule has 1 aromatic carbocycles. The van der Waals surface area contributed by atoms with Gasteiger partial charge in [-0.1, -0.05) is 39.0 Å². The third kappa shape index (κ3) is 7.18. The summed E-state index contributed by atoms with van der Waals surface area (Å²) in [5.41, 5.74) is 0. The number of rotatable bonds is 12. The summed E-state index contributed by atoms with van der Waals surface area (Å²) in [7, 11) is -1.62. The molecule has 1 unspecified atom stereocenters. The summed E-state index contributed by atoms with van der Waals surface area (Å²) >= 11 is 0. The van der Waals surface area contributed by atoms with Gasteiger partial charge in [-0.2, -0.15) is 0 Å². The van der Waals surface area contributed by atoms with E-state index in [1.165, 1.54) is 45.3 Å². The monoisotopic (exact) mass is 338 g/mol. The summed E-state index contributed by atoms with van der Waals surface area (Å²) in [4.78, 5) is 10.3. The Bertz CT molecular complexity index is 532. The van der Waals surface area contributed by atoms with Gasteiger partial charge in [-0.05, 0) is 30.7 Å². The Morgan fingerprint density at radius 1 is 1.09 bits per heavy atom. The highest BCUT2D eigenvalue weighted by atomic mass is 31.2. The molecule has 0 saturated heterocycles. The second kappa shape index (κ2) is 11.2. The molecule has 0 fully saturated rings. The first kappa shape index (κ1) is 19.7. The van der Waals surface area contributed by atoms with E-state index in [-0.39, 0.29) is 6.16 Å². The van der Waals surface area contributed by atoms with E-state index in [1.807, 2.05) is 0 Å². The van der Waals surface area contributed by atoms with E-state index >= 15 is 0 Å². The minimum absolute atomic E-state index is 0.0605. The highest BCUT2D eigenvalue weighted by Gasteiger charge is 2.23. The van der Waals surface area contributed by atoms with Crippen LogP contribution in [-0.4, -0.2) is 25.8 Å². The van der Waals surface area contributed by atoms with E-state index in [4.69, 9.17) is 9.26 Å². The van der Waals surface area contributed by atoms with Crippen LogP contribution in [0.3, 0.4) is 0 Å². The van der Waals surface area contributed by atoms with Crippen molar-refractivity contribution in [3.63, 3.8) is 0 Å². The minimum Gasteiger partial charge on any atom is -0.494 e. The molecule has 5 heteroatoms. The van der Waals surface area contributed by atoms with E-state index in [1.54, 1.807) is 30.2 Å². The maximum atomic E-state index is 12.6. The van der Waals surface area contributed by atoms with Gasteiger partial charge in [-0.25, -0.2) is 4.79 Å². The van der Waals surface area contributed by atoms with Gasteiger partial charge < -0.3 is 9.26 Å². The largest absolute Gasteiger partial charge is 0.494 e. The van der Waals surface area contributed by atoms with Gasteiger partial charge in [-0.15, -0.1) is 0 Å². The first-order valence-electron chi connectivity index (χ1n) is 8.24. The van der Waals surface area contributed by atoms with Crippen LogP contribution in [0.15, 0.2) is 30.3 Å². The molecule has 1 atom stereocenters. The highest BCUT2D eigenvalue weighted by molar-refractivity contribution is 7.67. The van der Waals surface area contributed by atoms with Gasteiger partial charge in [0.2, 0.25) is 7.37 Å². The summed E-state index contributed by atoms with van der Waals surface area (Å²) in [6.45, 7) is 2.91. The van der Waals surface area contributed by atoms with Crippen LogP contribution in [0.5, 0.6) is 5.75 Å². The molecule has 4 nitrogen and oxygen atoms in total. The third-order valence-corrected chi connectivity index (χ3v) is 6.04. The second-order valence-electron chi connectivity index (χ2n) is 5.47. The molecule has 0 heterocycles. The Balaban J connectivity index is 2.43. The van der Waals surface area contributed by atoms with Crippen LogP contribution >= 0.6 is 7.37 Å². The van der Waals surface area contributed by atoms with Crippen molar-refractivity contribution in [1.29, 1.82) is 0 Å². The van der Waals surface area contributed by atoms with Crippen molar-refractivity contribution >= 4 is 18.6 Å². The molecule has 0 saturated carbocycles. The molecule has 1 rings (SSSR count). The van der Waals surface area contributed by atoms with Gasteiger partial charge in [0.1, 0.15) is 11.7 Å². The molecule has 23 heavy (non-hydrogen) atoms. The van der Waals surface area contributed by atoms with Gasteiger partial charge in [-0.3, -0.25) is 4.57 Å². The van der Waals surface area contributed by atoms with Gasteiger partial charge in [0.05, 0.1) is 12.8 Å². The summed E-state index contributed by atoms with van der Waals surface area (Å²) in [6.07, 6.45) is 8.63. The molecule has 1 aromatic rings. The first-order chi connectivity index (χ1) is 11.2. The van der Waals surface area contributed by atoms with E-state index in [0.29, 0.717) is 11.9 Å². The molecule has 0 aromatic heterocycles. The van der Waals surface area contributed by atoms with Crippen molar-refractivity contribution in [2.75, 3.05) is 19.9 Å². The fourth-order valence-electron chi connectivity index (χ4n) is 2.28. The summed E-state index contributed by atoms with van der Waals surface area (Å²) < 4.78 is 23.4. The van der Waals surface area contributed by atoms with Gasteiger partial charge >= 0.3 is 0 Å². The fraction of sp³-hybridized carbons (Fsp3) is 0.556. The topological polar surface area (TPSA) is 52.6 Å². The van der Waals surface area contributed by atoms with Crippen LogP contribution in [0.4, 0.5) is 0 Å². The number of allylic oxidation sites excluding steroid dienone is 1. The molecule has 128 valence electrons. The van der Waals surface area contributed by atoms with Crippen molar-refractivity contribution in [2.24, 2.45) is 0 Å². The Morgan fingerprint density at radius 2 is 1.74 bits per heavy atom. The van der Waals surface area contributed by atoms with Gasteiger partial charge in [0, 0.05) is 18.5 Å². The summed E-state index contributed by atoms with van der Waals surface area (Å²) in [5, 5.41) is 0.582. The van der Waals surface area contributed by atoms with Crippen LogP contribution < -0.4 is 10.0 Å². The van der Waals surface area contributed by atoms with Crippen molar-refractivity contribution < 1.29 is 18.6 Å². The van der Waals surface area contributed by atoms with Crippen LogP contribution in [-0.2, 0) is 13.9 Å². The average molecular weight is 338 g/mol. The third-order valence-electron chi connectivity index (χ3n) is 3.71. The normalized spacial score (nSPS) is 13.1. The van der Waals surface area contributed by atoms with E-state index in [9.17, 15) is 9.36 Å². The number of unbranched alkanes of at least 4 members (excludes halogenated alkanes) is 5. The standard InChI is InChI=1S/C18H27O4P/c1-3-4-5-6-7-8-15-22-17-10-12-18(13-11-17)23(20,21-2)16-9-14-19/h9-13H,3-8,15-16H2,1-2H3. The molecule has 0 amide bonds. The summed E-state index contributed by atoms with van der Waals surface area (Å²) in [6, 6.07) is 7.06. The second-order valence-corrected chi connectivity index (χ2v) is 8.06. The number of carbonyl (C=O) groups excluding carboxylic acids is 1. The van der Waals surface area contributed by atoms with Crippen molar-refractivity contribution in [3.8, 4) is 5.75 Å². The lowest BCUT2D eigenvalue weighted by Gasteiger charge is -2.14. The smallest absolute Gasteiger partial charge is 0.236 e. The lowest BCUT2D eigenvalue weighted by atomic mass is 10.1. The molecule has 0 radical (unpaired) electrons. The van der Waals surface area contributed by atoms with Gasteiger partial charge in [0.15, 0.2) is 0 Å². The molecular formula is C18H27O4P. The highest BCUT2D eigenvalue weighted by Crippen LogP contribution is 2.44. The molecule has 0 aliphatic carbocycles. The van der Waals surface area contributed by atoms with Crippen molar-refractivity contribution in [3.05, 3.63) is 30.3 Å². The van der Waals surface area contributed by atoms with E-state index in [0.717, 1.165) is 12.2 Å². The fourth-order valence-corrected chi connectivity index (χ4v) is 3.77. The van der Waals surface area contributed by atoms with Crippen molar-refractivity contribution in [1.82, 2.24) is 0 Å². The molecular weight excluding hydrogens is 311 g/mol. The van der Waals surface area contributed by atoms with Crippen molar-refractivity contribution in [2.45, 2.75) is 45.4 Å². The molecule has 0 N–H and O–H groups in total. The lowest BCUT2D eigenvalue weighted by Crippen LogP contribution is -2.08. The zero-order valence-corrected chi connectivity index (χ0v) is 15.0. The Hall–Kier alpha value is -1.34. The Morgan fingerprint density at radius 3 is 2.35 bits per heavy atom. The van der Waals surface area contributed by atoms with E-state index in [2.05, 4.69) is 6.92 Å². The van der Waals surface area contributed by atoms with Gasteiger partial charge in [0.25, 0.3) is 0 Å². The Kier molecular flexibility index (Phi) is 9.63. The number of benzene rings is 1. The SMILES string of the molecule is CCCCCCCCOc1ccc(P(=O)(CC=C=O)OC)cc1. The Labute approximate surface area is 139 Å². The molecule has 0 aliphatic heterocycles. The van der Waals surface area contributed by atoms with Crippen LogP contribution in [0.2, 0.25) is 0 Å². The quantitative estimate of drug-likeness (QED) is 0.323. The lowest BCUT2D eigenvalue weighted by molar-refractivity contribution is 0.304. The molecule has 0 bridgehead atoms. The first-order valence-corrected chi connectivity index (χ1v) is 10.0. The zero-order chi connectivity index (χ0) is 17.0. The van der Waals surface area contributed by atoms with Crippen LogP contribution in [0.25, 0.3) is 0 Å². The maximum Gasteiger partial charge on any atom is 0.236 e. The predicted molar refractivity (Wildman–Crippen MR) is 94.7 cm³/mol. The number of hydrogen-bond acceptors (Lipinski definition) is 4. The van der Waals surface area contributed by atoms with Crippen LogP contribution in [0, 0.1) is 0 Å². The minimum atomic E-state index is -3.01. The number of ether oxygens (including phenoxy) is 1. The predicted octanol–water partition coefficient (Wildman–Crippen LogP) is 4.36. The van der Waals surface area contributed by atoms with Crippen LogP contribution in [0.1, 0.15) is 45.4 Å². The number of hydrogen-bond donors (Lipinski definition) is 0. The maximum absolute atomic E-state index is 12.6. The average Bonchev–Trinajstić information content (AvgIpc) is 2.59.